The molecule has 0 aliphatic rings. The minimum absolute atomic E-state index is 0.0238. The van der Waals surface area contributed by atoms with E-state index in [4.69, 9.17) is 17.0 Å². The number of hydrazine groups is 1. The van der Waals surface area contributed by atoms with Crippen molar-refractivity contribution in [2.45, 2.75) is 40.5 Å². The van der Waals surface area contributed by atoms with E-state index in [9.17, 15) is 9.59 Å². The standard InChI is InChI=1S/C17H24BrN3O3S/c1-10(2)11-6-7-13(12(18)8-11)24-9-14(22)20-21-16(25)19-15(23)17(3,4)5/h6-8,10H,9H2,1-5H3,(H,20,22)(H2,19,21,23,25). The van der Waals surface area contributed by atoms with E-state index in [2.05, 4.69) is 45.9 Å². The van der Waals surface area contributed by atoms with Crippen LogP contribution in [-0.4, -0.2) is 23.5 Å². The van der Waals surface area contributed by atoms with E-state index in [1.54, 1.807) is 20.8 Å². The fourth-order valence-electron chi connectivity index (χ4n) is 1.62. The van der Waals surface area contributed by atoms with Crippen molar-refractivity contribution in [3.63, 3.8) is 0 Å². The van der Waals surface area contributed by atoms with Crippen LogP contribution in [-0.2, 0) is 9.59 Å². The van der Waals surface area contributed by atoms with Crippen molar-refractivity contribution in [3.8, 4) is 5.75 Å². The third kappa shape index (κ3) is 7.39. The summed E-state index contributed by atoms with van der Waals surface area (Å²) in [5.41, 5.74) is 5.44. The first-order valence-corrected chi connectivity index (χ1v) is 9.03. The van der Waals surface area contributed by atoms with Gasteiger partial charge in [0.1, 0.15) is 5.75 Å². The number of ether oxygens (including phenoxy) is 1. The summed E-state index contributed by atoms with van der Waals surface area (Å²) < 4.78 is 6.26. The first kappa shape index (κ1) is 21.4. The molecule has 0 unspecified atom stereocenters. The smallest absolute Gasteiger partial charge is 0.276 e. The van der Waals surface area contributed by atoms with E-state index in [0.29, 0.717) is 11.7 Å². The molecule has 0 spiro atoms. The molecule has 0 bridgehead atoms. The zero-order valence-corrected chi connectivity index (χ0v) is 17.4. The maximum atomic E-state index is 11.8. The molecule has 0 aliphatic carbocycles. The molecule has 0 saturated heterocycles. The van der Waals surface area contributed by atoms with Crippen LogP contribution in [0.5, 0.6) is 5.75 Å². The van der Waals surface area contributed by atoms with Gasteiger partial charge in [-0.1, -0.05) is 40.7 Å². The number of nitrogens with one attached hydrogen (secondary N) is 3. The number of hydrogen-bond acceptors (Lipinski definition) is 4. The number of benzene rings is 1. The van der Waals surface area contributed by atoms with E-state index >= 15 is 0 Å². The highest BCUT2D eigenvalue weighted by molar-refractivity contribution is 9.10. The zero-order chi connectivity index (χ0) is 19.2. The molecule has 1 aromatic rings. The average molecular weight is 430 g/mol. The van der Waals surface area contributed by atoms with E-state index in [1.807, 2.05) is 18.2 Å². The van der Waals surface area contributed by atoms with Gasteiger partial charge in [-0.25, -0.2) is 0 Å². The lowest BCUT2D eigenvalue weighted by Crippen LogP contribution is -2.51. The summed E-state index contributed by atoms with van der Waals surface area (Å²) in [6, 6.07) is 5.74. The molecule has 6 nitrogen and oxygen atoms in total. The molecule has 0 aromatic heterocycles. The van der Waals surface area contributed by atoms with Crippen molar-refractivity contribution in [1.29, 1.82) is 0 Å². The van der Waals surface area contributed by atoms with Crippen molar-refractivity contribution in [3.05, 3.63) is 28.2 Å². The summed E-state index contributed by atoms with van der Waals surface area (Å²) in [4.78, 5) is 23.6. The molecule has 0 radical (unpaired) electrons. The molecular weight excluding hydrogens is 406 g/mol. The lowest BCUT2D eigenvalue weighted by molar-refractivity contribution is -0.127. The van der Waals surface area contributed by atoms with Crippen LogP contribution in [0.15, 0.2) is 22.7 Å². The highest BCUT2D eigenvalue weighted by Crippen LogP contribution is 2.28. The zero-order valence-electron chi connectivity index (χ0n) is 15.0. The minimum atomic E-state index is -0.576. The van der Waals surface area contributed by atoms with Crippen molar-refractivity contribution in [2.75, 3.05) is 6.61 Å². The molecule has 1 aromatic carbocycles. The van der Waals surface area contributed by atoms with Crippen molar-refractivity contribution in [1.82, 2.24) is 16.2 Å². The van der Waals surface area contributed by atoms with Crippen molar-refractivity contribution in [2.24, 2.45) is 5.41 Å². The van der Waals surface area contributed by atoms with Gasteiger partial charge < -0.3 is 10.1 Å². The first-order valence-electron chi connectivity index (χ1n) is 7.83. The molecule has 0 saturated carbocycles. The van der Waals surface area contributed by atoms with Gasteiger partial charge in [0.2, 0.25) is 5.91 Å². The number of amides is 2. The Morgan fingerprint density at radius 2 is 1.88 bits per heavy atom. The summed E-state index contributed by atoms with van der Waals surface area (Å²) >= 11 is 8.38. The van der Waals surface area contributed by atoms with Gasteiger partial charge in [0, 0.05) is 5.41 Å². The molecule has 0 aliphatic heterocycles. The van der Waals surface area contributed by atoms with Gasteiger partial charge in [-0.3, -0.25) is 20.4 Å². The number of thiocarbonyl (C=S) groups is 1. The lowest BCUT2D eigenvalue weighted by Gasteiger charge is -2.18. The SMILES string of the molecule is CC(C)c1ccc(OCC(=O)NNC(=S)NC(=O)C(C)(C)C)c(Br)c1. The normalized spacial score (nSPS) is 11.0. The molecule has 138 valence electrons. The molecule has 0 atom stereocenters. The topological polar surface area (TPSA) is 79.5 Å². The van der Waals surface area contributed by atoms with Gasteiger partial charge in [0.05, 0.1) is 4.47 Å². The van der Waals surface area contributed by atoms with Crippen molar-refractivity contribution >= 4 is 45.1 Å². The van der Waals surface area contributed by atoms with Crippen LogP contribution in [0.4, 0.5) is 0 Å². The van der Waals surface area contributed by atoms with E-state index in [0.717, 1.165) is 4.47 Å². The molecule has 25 heavy (non-hydrogen) atoms. The van der Waals surface area contributed by atoms with E-state index < -0.39 is 11.3 Å². The predicted octanol–water partition coefficient (Wildman–Crippen LogP) is 3.02. The minimum Gasteiger partial charge on any atom is -0.483 e. The van der Waals surface area contributed by atoms with Gasteiger partial charge in [0.25, 0.3) is 5.91 Å². The molecule has 8 heteroatoms. The maximum Gasteiger partial charge on any atom is 0.276 e. The van der Waals surface area contributed by atoms with Crippen LogP contribution < -0.4 is 20.9 Å². The lowest BCUT2D eigenvalue weighted by atomic mass is 9.96. The number of hydrogen-bond donors (Lipinski definition) is 3. The van der Waals surface area contributed by atoms with Crippen LogP contribution in [0.2, 0.25) is 0 Å². The monoisotopic (exact) mass is 429 g/mol. The summed E-state index contributed by atoms with van der Waals surface area (Å²) in [6.45, 7) is 9.30. The highest BCUT2D eigenvalue weighted by Gasteiger charge is 2.22. The van der Waals surface area contributed by atoms with Crippen LogP contribution in [0.1, 0.15) is 46.1 Å². The summed E-state index contributed by atoms with van der Waals surface area (Å²) in [5.74, 6) is 0.308. The third-order valence-corrected chi connectivity index (χ3v) is 4.03. The Kier molecular flexibility index (Phi) is 7.82. The fourth-order valence-corrected chi connectivity index (χ4v) is 2.28. The van der Waals surface area contributed by atoms with Gasteiger partial charge >= 0.3 is 0 Å². The Morgan fingerprint density at radius 1 is 1.24 bits per heavy atom. The third-order valence-electron chi connectivity index (χ3n) is 3.21. The summed E-state index contributed by atoms with van der Waals surface area (Å²) in [7, 11) is 0. The van der Waals surface area contributed by atoms with Gasteiger partial charge in [-0.2, -0.15) is 0 Å². The molecule has 0 heterocycles. The number of carbonyl (C=O) groups is 2. The Hall–Kier alpha value is -1.67. The molecular formula is C17H24BrN3O3S. The van der Waals surface area contributed by atoms with Gasteiger partial charge in [0.15, 0.2) is 11.7 Å². The summed E-state index contributed by atoms with van der Waals surface area (Å²) in [5, 5.41) is 2.52. The Bertz CT molecular complexity index is 657. The molecule has 3 N–H and O–H groups in total. The number of carbonyl (C=O) groups excluding carboxylic acids is 2. The average Bonchev–Trinajstić information content (AvgIpc) is 2.50. The Balaban J connectivity index is 2.43. The van der Waals surface area contributed by atoms with Crippen molar-refractivity contribution < 1.29 is 14.3 Å². The van der Waals surface area contributed by atoms with E-state index in [1.165, 1.54) is 5.56 Å². The van der Waals surface area contributed by atoms with Gasteiger partial charge in [-0.05, 0) is 51.8 Å². The predicted molar refractivity (Wildman–Crippen MR) is 105 cm³/mol. The largest absolute Gasteiger partial charge is 0.483 e. The second-order valence-corrected chi connectivity index (χ2v) is 8.10. The summed E-state index contributed by atoms with van der Waals surface area (Å²) in [6.07, 6.45) is 0. The van der Waals surface area contributed by atoms with Crippen LogP contribution in [0.25, 0.3) is 0 Å². The maximum absolute atomic E-state index is 11.8. The second-order valence-electron chi connectivity index (χ2n) is 6.84. The first-order chi connectivity index (χ1) is 11.5. The molecule has 1 rings (SSSR count). The fraction of sp³-hybridized carbons (Fsp3) is 0.471. The van der Waals surface area contributed by atoms with Crippen LogP contribution >= 0.6 is 28.1 Å². The highest BCUT2D eigenvalue weighted by atomic mass is 79.9. The second kappa shape index (κ2) is 9.15. The Labute approximate surface area is 162 Å². The van der Waals surface area contributed by atoms with Crippen LogP contribution in [0.3, 0.4) is 0 Å². The Morgan fingerprint density at radius 3 is 2.40 bits per heavy atom. The quantitative estimate of drug-likeness (QED) is 0.506. The van der Waals surface area contributed by atoms with Crippen LogP contribution in [0, 0.1) is 5.41 Å². The number of rotatable bonds is 4. The van der Waals surface area contributed by atoms with Gasteiger partial charge in [-0.15, -0.1) is 0 Å². The number of halogens is 1. The molecule has 2 amide bonds. The van der Waals surface area contributed by atoms with E-state index in [-0.39, 0.29) is 17.6 Å². The molecule has 0 fully saturated rings.